The molecule has 1 saturated carbocycles. The second-order valence-electron chi connectivity index (χ2n) is 7.61. The zero-order valence-corrected chi connectivity index (χ0v) is 17.0. The maximum atomic E-state index is 12.6. The van der Waals surface area contributed by atoms with Crippen LogP contribution in [0.1, 0.15) is 12.8 Å². The fourth-order valence-electron chi connectivity index (χ4n) is 4.58. The summed E-state index contributed by atoms with van der Waals surface area (Å²) in [6.07, 6.45) is 5.60. The van der Waals surface area contributed by atoms with Gasteiger partial charge in [0.25, 0.3) is 5.19 Å². The molecule has 3 aromatic rings. The molecule has 1 aliphatic heterocycles. The number of aromatic nitrogens is 5. The van der Waals surface area contributed by atoms with Crippen LogP contribution in [0.25, 0.3) is 11.0 Å². The Hall–Kier alpha value is -2.95. The average molecular weight is 414 g/mol. The van der Waals surface area contributed by atoms with Crippen molar-refractivity contribution in [3.63, 3.8) is 0 Å². The molecule has 3 aromatic heterocycles. The van der Waals surface area contributed by atoms with Crippen molar-refractivity contribution in [3.8, 4) is 5.19 Å². The van der Waals surface area contributed by atoms with Gasteiger partial charge in [0.15, 0.2) is 0 Å². The molecule has 2 aliphatic rings. The van der Waals surface area contributed by atoms with E-state index in [-0.39, 0.29) is 6.03 Å². The third-order valence-electron chi connectivity index (χ3n) is 6.02. The topological polar surface area (TPSA) is 112 Å². The van der Waals surface area contributed by atoms with E-state index < -0.39 is 0 Å². The molecule has 4 heterocycles. The normalized spacial score (nSPS) is 23.4. The Bertz CT molecular complexity index is 1020. The van der Waals surface area contributed by atoms with E-state index in [2.05, 4.69) is 42.4 Å². The lowest BCUT2D eigenvalue weighted by Crippen LogP contribution is -2.36. The van der Waals surface area contributed by atoms with Crippen molar-refractivity contribution in [1.82, 2.24) is 30.0 Å². The van der Waals surface area contributed by atoms with E-state index in [0.29, 0.717) is 28.2 Å². The van der Waals surface area contributed by atoms with E-state index in [1.807, 2.05) is 17.2 Å². The Kier molecular flexibility index (Phi) is 4.46. The molecule has 0 spiro atoms. The lowest BCUT2D eigenvalue weighted by atomic mass is 10.0. The summed E-state index contributed by atoms with van der Waals surface area (Å²) < 4.78 is 5.02. The average Bonchev–Trinajstić information content (AvgIpc) is 3.48. The van der Waals surface area contributed by atoms with Crippen LogP contribution in [0.2, 0.25) is 0 Å². The van der Waals surface area contributed by atoms with Gasteiger partial charge in [-0.2, -0.15) is 0 Å². The van der Waals surface area contributed by atoms with Crippen molar-refractivity contribution >= 4 is 39.4 Å². The predicted molar refractivity (Wildman–Crippen MR) is 109 cm³/mol. The van der Waals surface area contributed by atoms with E-state index in [1.165, 1.54) is 18.4 Å². The van der Waals surface area contributed by atoms with Gasteiger partial charge in [-0.05, 0) is 42.1 Å². The summed E-state index contributed by atoms with van der Waals surface area (Å²) in [7, 11) is 3.64. The highest BCUT2D eigenvalue weighted by Crippen LogP contribution is 2.41. The van der Waals surface area contributed by atoms with Gasteiger partial charge in [0.05, 0.1) is 12.5 Å². The maximum Gasteiger partial charge on any atom is 0.323 e. The van der Waals surface area contributed by atoms with Gasteiger partial charge in [-0.15, -0.1) is 5.10 Å². The fraction of sp³-hybridized carbons (Fsp3) is 0.500. The molecule has 152 valence electrons. The number of carbonyl (C=O) groups excluding carboxylic acids is 1. The first kappa shape index (κ1) is 18.1. The van der Waals surface area contributed by atoms with Gasteiger partial charge in [0.1, 0.15) is 17.8 Å². The van der Waals surface area contributed by atoms with Gasteiger partial charge in [0, 0.05) is 32.4 Å². The number of amides is 2. The van der Waals surface area contributed by atoms with Crippen LogP contribution in [0.5, 0.6) is 5.19 Å². The third kappa shape index (κ3) is 3.24. The number of ether oxygens (including phenoxy) is 1. The number of urea groups is 1. The second kappa shape index (κ2) is 7.14. The van der Waals surface area contributed by atoms with Crippen molar-refractivity contribution < 1.29 is 9.53 Å². The molecule has 29 heavy (non-hydrogen) atoms. The number of hydrogen-bond donors (Lipinski definition) is 2. The molecule has 11 heteroatoms. The number of rotatable bonds is 4. The maximum absolute atomic E-state index is 12.6. The molecule has 3 atom stereocenters. The van der Waals surface area contributed by atoms with E-state index in [0.717, 1.165) is 42.8 Å². The number of fused-ring (bicyclic) bond motifs is 2. The molecule has 0 bridgehead atoms. The van der Waals surface area contributed by atoms with E-state index >= 15 is 0 Å². The van der Waals surface area contributed by atoms with Crippen LogP contribution in [0, 0.1) is 11.8 Å². The first-order valence-corrected chi connectivity index (χ1v) is 10.4. The molecule has 2 N–H and O–H groups in total. The standard InChI is InChI=1S/C18H22N8O2S/c1-25(15-13-3-4-19-14(13)20-9-21-15)12-5-10-7-26(8-11(10)6-12)17(27)22-16-23-24-18(28-2)29-16/h3-4,9-12H,5-8H2,1-2H3,(H,19,20,21)(H,22,23,27)/t10-,11+,12+. The number of methoxy groups -OCH3 is 1. The summed E-state index contributed by atoms with van der Waals surface area (Å²) in [6.45, 7) is 1.53. The SMILES string of the molecule is COc1nnc(NC(=O)N2C[C@H]3C[C@H](N(C)c4ncnc5[nH]ccc45)C[C@H]3C2)s1. The molecule has 1 aliphatic carbocycles. The van der Waals surface area contributed by atoms with Gasteiger partial charge in [0.2, 0.25) is 5.13 Å². The number of H-pyrrole nitrogens is 1. The first-order chi connectivity index (χ1) is 14.1. The van der Waals surface area contributed by atoms with Crippen LogP contribution < -0.4 is 15.0 Å². The number of carbonyl (C=O) groups is 1. The number of nitrogens with one attached hydrogen (secondary N) is 2. The summed E-state index contributed by atoms with van der Waals surface area (Å²) in [5.74, 6) is 1.96. The van der Waals surface area contributed by atoms with Crippen LogP contribution in [0.15, 0.2) is 18.6 Å². The molecule has 5 rings (SSSR count). The van der Waals surface area contributed by atoms with Gasteiger partial charge in [-0.3, -0.25) is 5.32 Å². The van der Waals surface area contributed by atoms with Gasteiger partial charge in [-0.1, -0.05) is 5.10 Å². The largest absolute Gasteiger partial charge is 0.472 e. The smallest absolute Gasteiger partial charge is 0.323 e. The summed E-state index contributed by atoms with van der Waals surface area (Å²) in [5, 5.41) is 12.5. The van der Waals surface area contributed by atoms with E-state index in [1.54, 1.807) is 6.33 Å². The summed E-state index contributed by atoms with van der Waals surface area (Å²) in [6, 6.07) is 2.31. The van der Waals surface area contributed by atoms with Crippen molar-refractivity contribution in [2.45, 2.75) is 18.9 Å². The molecule has 2 fully saturated rings. The zero-order chi connectivity index (χ0) is 20.0. The third-order valence-corrected chi connectivity index (χ3v) is 6.82. The van der Waals surface area contributed by atoms with Gasteiger partial charge >= 0.3 is 6.03 Å². The lowest BCUT2D eigenvalue weighted by molar-refractivity contribution is 0.218. The first-order valence-electron chi connectivity index (χ1n) is 9.56. The van der Waals surface area contributed by atoms with Crippen molar-refractivity contribution in [2.24, 2.45) is 11.8 Å². The minimum Gasteiger partial charge on any atom is -0.472 e. The predicted octanol–water partition coefficient (Wildman–Crippen LogP) is 2.20. The highest BCUT2D eigenvalue weighted by atomic mass is 32.1. The Morgan fingerprint density at radius 3 is 2.83 bits per heavy atom. The monoisotopic (exact) mass is 414 g/mol. The molecular formula is C18H22N8O2S. The number of hydrogen-bond acceptors (Lipinski definition) is 8. The molecule has 0 unspecified atom stereocenters. The van der Waals surface area contributed by atoms with Crippen LogP contribution in [-0.4, -0.2) is 69.4 Å². The molecular weight excluding hydrogens is 392 g/mol. The van der Waals surface area contributed by atoms with Crippen molar-refractivity contribution in [2.75, 3.05) is 37.5 Å². The Morgan fingerprint density at radius 2 is 2.10 bits per heavy atom. The number of nitrogens with zero attached hydrogens (tertiary/aromatic N) is 6. The molecule has 0 aromatic carbocycles. The van der Waals surface area contributed by atoms with Gasteiger partial charge in [-0.25, -0.2) is 14.8 Å². The Morgan fingerprint density at radius 1 is 1.31 bits per heavy atom. The quantitative estimate of drug-likeness (QED) is 0.673. The Labute approximate surface area is 171 Å². The minimum atomic E-state index is -0.118. The van der Waals surface area contributed by atoms with E-state index in [4.69, 9.17) is 4.74 Å². The van der Waals surface area contributed by atoms with Gasteiger partial charge < -0.3 is 19.5 Å². The Balaban J connectivity index is 1.21. The van der Waals surface area contributed by atoms with Crippen LogP contribution in [0.4, 0.5) is 15.7 Å². The van der Waals surface area contributed by atoms with Crippen molar-refractivity contribution in [1.29, 1.82) is 0 Å². The van der Waals surface area contributed by atoms with E-state index in [9.17, 15) is 4.79 Å². The zero-order valence-electron chi connectivity index (χ0n) is 16.2. The fourth-order valence-corrected chi connectivity index (χ4v) is 5.13. The molecule has 10 nitrogen and oxygen atoms in total. The summed E-state index contributed by atoms with van der Waals surface area (Å²) in [4.78, 5) is 28.7. The molecule has 2 amide bonds. The number of anilines is 2. The number of likely N-dealkylation sites (tertiary alicyclic amines) is 1. The summed E-state index contributed by atoms with van der Waals surface area (Å²) >= 11 is 1.22. The van der Waals surface area contributed by atoms with Crippen molar-refractivity contribution in [3.05, 3.63) is 18.6 Å². The van der Waals surface area contributed by atoms with Crippen LogP contribution >= 0.6 is 11.3 Å². The highest BCUT2D eigenvalue weighted by molar-refractivity contribution is 7.17. The van der Waals surface area contributed by atoms with Crippen LogP contribution in [0.3, 0.4) is 0 Å². The molecule has 1 saturated heterocycles. The second-order valence-corrected chi connectivity index (χ2v) is 8.55. The lowest BCUT2D eigenvalue weighted by Gasteiger charge is -2.27. The highest BCUT2D eigenvalue weighted by Gasteiger charge is 2.44. The minimum absolute atomic E-state index is 0.118. The number of aromatic amines is 1. The molecule has 0 radical (unpaired) electrons. The van der Waals surface area contributed by atoms with Crippen LogP contribution in [-0.2, 0) is 0 Å². The summed E-state index contributed by atoms with van der Waals surface area (Å²) in [5.41, 5.74) is 0.858.